The van der Waals surface area contributed by atoms with Crippen molar-refractivity contribution in [1.29, 1.82) is 0 Å². The molecule has 0 bridgehead atoms. The fraction of sp³-hybridized carbons (Fsp3) is 0.273. The van der Waals surface area contributed by atoms with Gasteiger partial charge in [-0.1, -0.05) is 12.2 Å². The number of amides is 1. The molecule has 3 nitrogen and oxygen atoms in total. The fourth-order valence-corrected chi connectivity index (χ4v) is 1.38. The van der Waals surface area contributed by atoms with E-state index in [4.69, 9.17) is 18.0 Å². The van der Waals surface area contributed by atoms with Crippen LogP contribution in [0.1, 0.15) is 17.3 Å². The molecule has 0 spiro atoms. The van der Waals surface area contributed by atoms with Crippen molar-refractivity contribution in [2.75, 3.05) is 7.05 Å². The number of thiocarbonyl (C=S) groups is 1. The summed E-state index contributed by atoms with van der Waals surface area (Å²) in [6, 6.07) is 2.17. The largest absolute Gasteiger partial charge is 0.392 e. The number of likely N-dealkylation sites (N-methyl/N-ethyl adjacent to an activating group) is 1. The number of halogens is 2. The van der Waals surface area contributed by atoms with Gasteiger partial charge in [-0.15, -0.1) is 0 Å². The Morgan fingerprint density at radius 2 is 2.06 bits per heavy atom. The maximum Gasteiger partial charge on any atom is 0.257 e. The Kier molecular flexibility index (Phi) is 4.11. The predicted molar refractivity (Wildman–Crippen MR) is 64.7 cm³/mol. The molecular formula is C11H12F2N2OS. The van der Waals surface area contributed by atoms with E-state index in [1.165, 1.54) is 11.9 Å². The highest BCUT2D eigenvalue weighted by Crippen LogP contribution is 2.13. The number of nitrogens with zero attached hydrogens (tertiary/aromatic N) is 1. The number of carbonyl (C=O) groups excluding carboxylic acids is 1. The zero-order chi connectivity index (χ0) is 13.2. The lowest BCUT2D eigenvalue weighted by atomic mass is 10.1. The van der Waals surface area contributed by atoms with Crippen LogP contribution in [-0.2, 0) is 0 Å². The third-order valence-corrected chi connectivity index (χ3v) is 2.81. The molecule has 1 atom stereocenters. The van der Waals surface area contributed by atoms with E-state index in [1.807, 2.05) is 0 Å². The second kappa shape index (κ2) is 5.18. The molecule has 1 unspecified atom stereocenters. The molecule has 0 aliphatic carbocycles. The van der Waals surface area contributed by atoms with Gasteiger partial charge in [0.15, 0.2) is 0 Å². The van der Waals surface area contributed by atoms with Crippen LogP contribution >= 0.6 is 12.2 Å². The Bertz CT molecular complexity index is 465. The SMILES string of the molecule is CC(C(N)=S)N(C)C(=O)c1cc(F)ccc1F. The molecule has 0 aliphatic rings. The van der Waals surface area contributed by atoms with Crippen molar-refractivity contribution in [1.82, 2.24) is 4.90 Å². The van der Waals surface area contributed by atoms with Crippen molar-refractivity contribution in [3.05, 3.63) is 35.4 Å². The monoisotopic (exact) mass is 258 g/mol. The van der Waals surface area contributed by atoms with E-state index >= 15 is 0 Å². The van der Waals surface area contributed by atoms with Crippen molar-refractivity contribution in [2.45, 2.75) is 13.0 Å². The van der Waals surface area contributed by atoms with Crippen LogP contribution in [0.5, 0.6) is 0 Å². The molecule has 1 aromatic rings. The standard InChI is InChI=1S/C11H12F2N2OS/c1-6(10(14)17)15(2)11(16)8-5-7(12)3-4-9(8)13/h3-6H,1-2H3,(H2,14,17). The average Bonchev–Trinajstić information content (AvgIpc) is 2.29. The summed E-state index contributed by atoms with van der Waals surface area (Å²) in [5.41, 5.74) is 5.05. The fourth-order valence-electron chi connectivity index (χ4n) is 1.22. The number of hydrogen-bond acceptors (Lipinski definition) is 2. The van der Waals surface area contributed by atoms with E-state index in [2.05, 4.69) is 0 Å². The van der Waals surface area contributed by atoms with Crippen LogP contribution < -0.4 is 5.73 Å². The molecular weight excluding hydrogens is 246 g/mol. The molecule has 1 rings (SSSR count). The van der Waals surface area contributed by atoms with Crippen molar-refractivity contribution < 1.29 is 13.6 Å². The molecule has 0 aliphatic heterocycles. The molecule has 1 amide bonds. The van der Waals surface area contributed by atoms with Crippen molar-refractivity contribution in [2.24, 2.45) is 5.73 Å². The summed E-state index contributed by atoms with van der Waals surface area (Å²) >= 11 is 4.74. The van der Waals surface area contributed by atoms with Gasteiger partial charge in [0.05, 0.1) is 16.6 Å². The summed E-state index contributed by atoms with van der Waals surface area (Å²) in [5, 5.41) is 0. The minimum Gasteiger partial charge on any atom is -0.392 e. The predicted octanol–water partition coefficient (Wildman–Crippen LogP) is 1.71. The first-order chi connectivity index (χ1) is 7.84. The van der Waals surface area contributed by atoms with Gasteiger partial charge in [0, 0.05) is 7.05 Å². The molecule has 0 fully saturated rings. The van der Waals surface area contributed by atoms with Crippen LogP contribution in [0, 0.1) is 11.6 Å². The Morgan fingerprint density at radius 3 is 2.59 bits per heavy atom. The van der Waals surface area contributed by atoms with E-state index in [0.29, 0.717) is 0 Å². The average molecular weight is 258 g/mol. The lowest BCUT2D eigenvalue weighted by Crippen LogP contribution is -2.43. The quantitative estimate of drug-likeness (QED) is 0.840. The smallest absolute Gasteiger partial charge is 0.257 e. The van der Waals surface area contributed by atoms with E-state index < -0.39 is 23.6 Å². The molecule has 17 heavy (non-hydrogen) atoms. The first-order valence-electron chi connectivity index (χ1n) is 4.86. The summed E-state index contributed by atoms with van der Waals surface area (Å²) < 4.78 is 26.3. The highest BCUT2D eigenvalue weighted by Gasteiger charge is 2.22. The minimum absolute atomic E-state index is 0.109. The highest BCUT2D eigenvalue weighted by molar-refractivity contribution is 7.80. The molecule has 0 saturated heterocycles. The first kappa shape index (κ1) is 13.5. The van der Waals surface area contributed by atoms with Crippen LogP contribution in [0.15, 0.2) is 18.2 Å². The second-order valence-electron chi connectivity index (χ2n) is 3.62. The number of hydrogen-bond donors (Lipinski definition) is 1. The van der Waals surface area contributed by atoms with E-state index in [1.54, 1.807) is 6.92 Å². The molecule has 92 valence electrons. The van der Waals surface area contributed by atoms with E-state index in [0.717, 1.165) is 18.2 Å². The topological polar surface area (TPSA) is 46.3 Å². The van der Waals surface area contributed by atoms with E-state index in [9.17, 15) is 13.6 Å². The van der Waals surface area contributed by atoms with Crippen LogP contribution in [0.2, 0.25) is 0 Å². The van der Waals surface area contributed by atoms with Gasteiger partial charge in [-0.2, -0.15) is 0 Å². The number of rotatable bonds is 3. The highest BCUT2D eigenvalue weighted by atomic mass is 32.1. The van der Waals surface area contributed by atoms with Gasteiger partial charge in [-0.25, -0.2) is 8.78 Å². The van der Waals surface area contributed by atoms with Crippen LogP contribution in [0.3, 0.4) is 0 Å². The Hall–Kier alpha value is -1.56. The third kappa shape index (κ3) is 2.97. The van der Waals surface area contributed by atoms with Gasteiger partial charge >= 0.3 is 0 Å². The zero-order valence-electron chi connectivity index (χ0n) is 9.41. The van der Waals surface area contributed by atoms with Crippen LogP contribution in [-0.4, -0.2) is 28.9 Å². The summed E-state index contributed by atoms with van der Waals surface area (Å²) in [4.78, 5) is 13.1. The Labute approximate surface area is 103 Å². The molecule has 0 aromatic heterocycles. The first-order valence-corrected chi connectivity index (χ1v) is 5.27. The van der Waals surface area contributed by atoms with Crippen LogP contribution in [0.25, 0.3) is 0 Å². The second-order valence-corrected chi connectivity index (χ2v) is 4.09. The normalized spacial score (nSPS) is 12.0. The summed E-state index contributed by atoms with van der Waals surface area (Å²) in [5.74, 6) is -2.12. The lowest BCUT2D eigenvalue weighted by Gasteiger charge is -2.24. The Balaban J connectivity index is 3.04. The van der Waals surface area contributed by atoms with Gasteiger partial charge in [-0.3, -0.25) is 4.79 Å². The molecule has 2 N–H and O–H groups in total. The minimum atomic E-state index is -0.779. The maximum absolute atomic E-state index is 13.4. The van der Waals surface area contributed by atoms with Crippen molar-refractivity contribution in [3.63, 3.8) is 0 Å². The third-order valence-electron chi connectivity index (χ3n) is 2.47. The maximum atomic E-state index is 13.4. The summed E-state index contributed by atoms with van der Waals surface area (Å²) in [7, 11) is 1.43. The molecule has 0 radical (unpaired) electrons. The number of carbonyl (C=O) groups is 1. The number of benzene rings is 1. The van der Waals surface area contributed by atoms with Gasteiger partial charge in [0.1, 0.15) is 11.6 Å². The summed E-state index contributed by atoms with van der Waals surface area (Å²) in [6.07, 6.45) is 0. The Morgan fingerprint density at radius 1 is 1.47 bits per heavy atom. The molecule has 6 heteroatoms. The zero-order valence-corrected chi connectivity index (χ0v) is 10.2. The van der Waals surface area contributed by atoms with E-state index in [-0.39, 0.29) is 10.6 Å². The number of nitrogens with two attached hydrogens (primary N) is 1. The molecule has 1 aromatic carbocycles. The van der Waals surface area contributed by atoms with Gasteiger partial charge < -0.3 is 10.6 Å². The molecule has 0 heterocycles. The lowest BCUT2D eigenvalue weighted by molar-refractivity contribution is 0.0773. The van der Waals surface area contributed by atoms with Crippen LogP contribution in [0.4, 0.5) is 8.78 Å². The van der Waals surface area contributed by atoms with Gasteiger partial charge in [0.2, 0.25) is 0 Å². The molecule has 0 saturated carbocycles. The van der Waals surface area contributed by atoms with Gasteiger partial charge in [-0.05, 0) is 25.1 Å². The van der Waals surface area contributed by atoms with Gasteiger partial charge in [0.25, 0.3) is 5.91 Å². The van der Waals surface area contributed by atoms with Crippen molar-refractivity contribution in [3.8, 4) is 0 Å². The van der Waals surface area contributed by atoms with Crippen molar-refractivity contribution >= 4 is 23.1 Å². The summed E-state index contributed by atoms with van der Waals surface area (Å²) in [6.45, 7) is 1.61.